The van der Waals surface area contributed by atoms with Gasteiger partial charge in [-0.15, -0.1) is 0 Å². The van der Waals surface area contributed by atoms with Gasteiger partial charge >= 0.3 is 12.1 Å². The highest BCUT2D eigenvalue weighted by Crippen LogP contribution is 2.35. The van der Waals surface area contributed by atoms with Crippen LogP contribution in [0.15, 0.2) is 17.2 Å². The lowest BCUT2D eigenvalue weighted by Crippen LogP contribution is -2.21. The maximum atomic E-state index is 10.6. The number of aliphatic carboxylic acids is 1. The van der Waals surface area contributed by atoms with E-state index in [0.29, 0.717) is 29.8 Å². The molecular weight excluding hydrogens is 371 g/mol. The Labute approximate surface area is 149 Å². The van der Waals surface area contributed by atoms with Gasteiger partial charge in [0.05, 0.1) is 12.9 Å². The third-order valence-corrected chi connectivity index (χ3v) is 3.82. The highest BCUT2D eigenvalue weighted by molar-refractivity contribution is 5.81. The zero-order valence-corrected chi connectivity index (χ0v) is 13.7. The number of anilines is 1. The van der Waals surface area contributed by atoms with E-state index >= 15 is 0 Å². The lowest BCUT2D eigenvalue weighted by atomic mass is 9.85. The number of fused-ring (bicyclic) bond motifs is 1. The van der Waals surface area contributed by atoms with Gasteiger partial charge in [-0.3, -0.25) is 0 Å². The third-order valence-electron chi connectivity index (χ3n) is 3.82. The molecule has 1 aliphatic carbocycles. The van der Waals surface area contributed by atoms with Gasteiger partial charge in [0.2, 0.25) is 5.89 Å². The van der Waals surface area contributed by atoms with Crippen molar-refractivity contribution in [3.05, 3.63) is 24.4 Å². The Morgan fingerprint density at radius 2 is 2.07 bits per heavy atom. The molecule has 1 fully saturated rings. The summed E-state index contributed by atoms with van der Waals surface area (Å²) < 4.78 is 37.0. The summed E-state index contributed by atoms with van der Waals surface area (Å²) in [4.78, 5) is 28.6. The number of carboxylic acids is 1. The van der Waals surface area contributed by atoms with E-state index in [1.165, 1.54) is 12.7 Å². The SMILES string of the molecule is O=C(O)C(F)(F)F.c1nc(NCc2noc(C3CCC3)n2)c2[nH]cnc2n1. The van der Waals surface area contributed by atoms with Crippen molar-refractivity contribution in [2.75, 3.05) is 5.32 Å². The van der Waals surface area contributed by atoms with E-state index in [1.807, 2.05) is 0 Å². The van der Waals surface area contributed by atoms with Crippen molar-refractivity contribution in [1.82, 2.24) is 30.1 Å². The smallest absolute Gasteiger partial charge is 0.475 e. The highest BCUT2D eigenvalue weighted by atomic mass is 19.4. The minimum Gasteiger partial charge on any atom is -0.475 e. The van der Waals surface area contributed by atoms with Crippen LogP contribution in [0.5, 0.6) is 0 Å². The van der Waals surface area contributed by atoms with Crippen molar-refractivity contribution < 1.29 is 27.6 Å². The predicted molar refractivity (Wildman–Crippen MR) is 83.6 cm³/mol. The summed E-state index contributed by atoms with van der Waals surface area (Å²) in [6.45, 7) is 0.460. The van der Waals surface area contributed by atoms with Crippen molar-refractivity contribution in [2.24, 2.45) is 0 Å². The van der Waals surface area contributed by atoms with Crippen molar-refractivity contribution in [3.8, 4) is 0 Å². The lowest BCUT2D eigenvalue weighted by molar-refractivity contribution is -0.192. The van der Waals surface area contributed by atoms with E-state index in [9.17, 15) is 13.2 Å². The van der Waals surface area contributed by atoms with E-state index in [1.54, 1.807) is 6.33 Å². The highest BCUT2D eigenvalue weighted by Gasteiger charge is 2.38. The van der Waals surface area contributed by atoms with Crippen LogP contribution in [-0.4, -0.2) is 47.3 Å². The molecule has 27 heavy (non-hydrogen) atoms. The maximum Gasteiger partial charge on any atom is 0.490 e. The fourth-order valence-electron chi connectivity index (χ4n) is 2.22. The molecule has 1 saturated carbocycles. The number of H-pyrrole nitrogens is 1. The molecule has 1 aliphatic rings. The van der Waals surface area contributed by atoms with Gasteiger partial charge in [0.1, 0.15) is 11.8 Å². The average molecular weight is 385 g/mol. The van der Waals surface area contributed by atoms with Crippen LogP contribution in [0, 0.1) is 0 Å². The molecule has 0 bridgehead atoms. The van der Waals surface area contributed by atoms with E-state index in [-0.39, 0.29) is 0 Å². The number of hydrogen-bond donors (Lipinski definition) is 3. The molecule has 0 atom stereocenters. The monoisotopic (exact) mass is 385 g/mol. The molecule has 0 radical (unpaired) electrons. The van der Waals surface area contributed by atoms with Gasteiger partial charge in [0.15, 0.2) is 17.3 Å². The first-order valence-corrected chi connectivity index (χ1v) is 7.85. The molecule has 0 saturated heterocycles. The number of aromatic amines is 1. The summed E-state index contributed by atoms with van der Waals surface area (Å²) in [5.41, 5.74) is 1.40. The van der Waals surface area contributed by atoms with Crippen molar-refractivity contribution in [1.29, 1.82) is 0 Å². The van der Waals surface area contributed by atoms with Crippen LogP contribution >= 0.6 is 0 Å². The number of nitrogens with zero attached hydrogens (tertiary/aromatic N) is 5. The number of nitrogens with one attached hydrogen (secondary N) is 2. The second-order valence-electron chi connectivity index (χ2n) is 5.66. The van der Waals surface area contributed by atoms with Crippen LogP contribution < -0.4 is 5.32 Å². The Morgan fingerprint density at radius 1 is 1.33 bits per heavy atom. The topological polar surface area (TPSA) is 143 Å². The molecular formula is C14H14F3N7O3. The first-order valence-electron chi connectivity index (χ1n) is 7.85. The van der Waals surface area contributed by atoms with E-state index in [2.05, 4.69) is 35.4 Å². The van der Waals surface area contributed by atoms with E-state index < -0.39 is 12.1 Å². The molecule has 3 aromatic rings. The van der Waals surface area contributed by atoms with Crippen molar-refractivity contribution >= 4 is 23.0 Å². The van der Waals surface area contributed by atoms with Gasteiger partial charge in [0.25, 0.3) is 0 Å². The molecule has 0 aliphatic heterocycles. The summed E-state index contributed by atoms with van der Waals surface area (Å²) in [7, 11) is 0. The number of aromatic nitrogens is 6. The standard InChI is InChI=1S/C12H13N7O.C2HF3O2/c1-2-7(3-1)12-18-8(19-20-12)4-13-10-9-11(15-5-14-9)17-6-16-10;3-2(4,5)1(6)7/h5-7H,1-4H2,(H2,13,14,15,16,17);(H,6,7). The first-order chi connectivity index (χ1) is 12.8. The van der Waals surface area contributed by atoms with E-state index in [0.717, 1.165) is 24.2 Å². The zero-order valence-electron chi connectivity index (χ0n) is 13.7. The van der Waals surface area contributed by atoms with Crippen molar-refractivity contribution in [3.63, 3.8) is 0 Å². The van der Waals surface area contributed by atoms with Gasteiger partial charge in [-0.2, -0.15) is 18.2 Å². The Kier molecular flexibility index (Phi) is 5.19. The summed E-state index contributed by atoms with van der Waals surface area (Å²) in [5.74, 6) is -0.231. The molecule has 3 aromatic heterocycles. The van der Waals surface area contributed by atoms with E-state index in [4.69, 9.17) is 14.4 Å². The fraction of sp³-hybridized carbons (Fsp3) is 0.429. The summed E-state index contributed by atoms with van der Waals surface area (Å²) >= 11 is 0. The lowest BCUT2D eigenvalue weighted by Gasteiger charge is -2.20. The normalized spacial score (nSPS) is 14.3. The Balaban J connectivity index is 0.000000260. The molecule has 3 N–H and O–H groups in total. The summed E-state index contributed by atoms with van der Waals surface area (Å²) in [5, 5.41) is 14.3. The average Bonchev–Trinajstić information content (AvgIpc) is 3.20. The van der Waals surface area contributed by atoms with Gasteiger partial charge < -0.3 is 19.9 Å². The largest absolute Gasteiger partial charge is 0.490 e. The number of carboxylic acid groups (broad SMARTS) is 1. The minimum atomic E-state index is -5.08. The molecule has 0 amide bonds. The molecule has 0 unspecified atom stereocenters. The molecule has 13 heteroatoms. The molecule has 4 rings (SSSR count). The molecule has 0 spiro atoms. The maximum absolute atomic E-state index is 10.6. The fourth-order valence-corrected chi connectivity index (χ4v) is 2.22. The Hall–Kier alpha value is -3.25. The van der Waals surface area contributed by atoms with Gasteiger partial charge in [-0.05, 0) is 12.8 Å². The number of alkyl halides is 3. The minimum absolute atomic E-state index is 0.453. The molecule has 0 aromatic carbocycles. The Morgan fingerprint density at radius 3 is 2.70 bits per heavy atom. The third kappa shape index (κ3) is 4.48. The Bertz CT molecular complexity index is 920. The van der Waals surface area contributed by atoms with Crippen LogP contribution in [-0.2, 0) is 11.3 Å². The predicted octanol–water partition coefficient (Wildman–Crippen LogP) is 2.25. The first kappa shape index (κ1) is 18.5. The summed E-state index contributed by atoms with van der Waals surface area (Å²) in [6.07, 6.45) is 1.53. The summed E-state index contributed by atoms with van der Waals surface area (Å²) in [6, 6.07) is 0. The van der Waals surface area contributed by atoms with Crippen molar-refractivity contribution in [2.45, 2.75) is 37.9 Å². The zero-order chi connectivity index (χ0) is 19.4. The second kappa shape index (κ2) is 7.55. The van der Waals surface area contributed by atoms with Gasteiger partial charge in [-0.1, -0.05) is 11.6 Å². The molecule has 3 heterocycles. The van der Waals surface area contributed by atoms with Crippen LogP contribution in [0.25, 0.3) is 11.2 Å². The number of imidazole rings is 1. The quantitative estimate of drug-likeness (QED) is 0.616. The number of hydrogen-bond acceptors (Lipinski definition) is 8. The van der Waals surface area contributed by atoms with Crippen LogP contribution in [0.4, 0.5) is 19.0 Å². The number of halogens is 3. The number of carbonyl (C=O) groups is 1. The second-order valence-corrected chi connectivity index (χ2v) is 5.66. The molecule has 10 nitrogen and oxygen atoms in total. The van der Waals surface area contributed by atoms with Gasteiger partial charge in [-0.25, -0.2) is 19.7 Å². The number of rotatable bonds is 4. The van der Waals surface area contributed by atoms with Gasteiger partial charge in [0, 0.05) is 5.92 Å². The van der Waals surface area contributed by atoms with Crippen LogP contribution in [0.3, 0.4) is 0 Å². The molecule has 144 valence electrons. The van der Waals surface area contributed by atoms with Crippen LogP contribution in [0.1, 0.15) is 36.9 Å². The van der Waals surface area contributed by atoms with Crippen LogP contribution in [0.2, 0.25) is 0 Å².